The molecule has 0 aliphatic heterocycles. The minimum Gasteiger partial charge on any atom is -0.452 e. The van der Waals surface area contributed by atoms with E-state index in [4.69, 9.17) is 4.74 Å². The molecule has 2 rings (SSSR count). The van der Waals surface area contributed by atoms with E-state index in [1.165, 1.54) is 42.5 Å². The maximum Gasteiger partial charge on any atom is 0.387 e. The summed E-state index contributed by atoms with van der Waals surface area (Å²) in [4.78, 5) is 33.5. The highest BCUT2D eigenvalue weighted by Gasteiger charge is 2.13. The van der Waals surface area contributed by atoms with Crippen LogP contribution in [-0.4, -0.2) is 30.0 Å². The van der Waals surface area contributed by atoms with Gasteiger partial charge in [0.2, 0.25) is 0 Å². The fourth-order valence-corrected chi connectivity index (χ4v) is 1.88. The first-order valence-corrected chi connectivity index (χ1v) is 7.11. The summed E-state index contributed by atoms with van der Waals surface area (Å²) in [7, 11) is 0. The van der Waals surface area contributed by atoms with Crippen molar-refractivity contribution in [3.8, 4) is 5.75 Å². The highest BCUT2D eigenvalue weighted by Crippen LogP contribution is 2.17. The zero-order valence-corrected chi connectivity index (χ0v) is 13.1. The number of nitro benzene ring substituents is 1. The normalized spacial score (nSPS) is 10.3. The summed E-state index contributed by atoms with van der Waals surface area (Å²) in [6.07, 6.45) is 0. The third kappa shape index (κ3) is 5.51. The average molecular weight is 366 g/mol. The largest absolute Gasteiger partial charge is 0.452 e. The van der Waals surface area contributed by atoms with Gasteiger partial charge in [0, 0.05) is 17.8 Å². The van der Waals surface area contributed by atoms with E-state index >= 15 is 0 Å². The lowest BCUT2D eigenvalue weighted by molar-refractivity contribution is -0.384. The maximum absolute atomic E-state index is 12.2. The summed E-state index contributed by atoms with van der Waals surface area (Å²) in [6.45, 7) is -3.66. The quantitative estimate of drug-likeness (QED) is 0.458. The molecule has 1 amide bonds. The van der Waals surface area contributed by atoms with Gasteiger partial charge in [-0.3, -0.25) is 14.9 Å². The number of hydrogen-bond acceptors (Lipinski definition) is 6. The number of esters is 1. The van der Waals surface area contributed by atoms with E-state index < -0.39 is 30.0 Å². The van der Waals surface area contributed by atoms with Gasteiger partial charge in [0.25, 0.3) is 11.6 Å². The van der Waals surface area contributed by atoms with Crippen LogP contribution in [0.15, 0.2) is 48.5 Å². The molecule has 0 aliphatic carbocycles. The Hall–Kier alpha value is -3.56. The summed E-state index contributed by atoms with van der Waals surface area (Å²) >= 11 is 0. The Morgan fingerprint density at radius 1 is 1.15 bits per heavy atom. The molecule has 0 unspecified atom stereocenters. The number of halogens is 2. The standard InChI is InChI=1S/C16H12F2N2O6/c17-16(18)26-13-3-1-2-10(8-13)15(22)25-9-14(21)19-11-4-6-12(7-5-11)20(23)24/h1-8,16H,9H2,(H,19,21). The third-order valence-corrected chi connectivity index (χ3v) is 2.99. The number of alkyl halides is 2. The van der Waals surface area contributed by atoms with Gasteiger partial charge in [-0.25, -0.2) is 4.79 Å². The molecule has 0 bridgehead atoms. The van der Waals surface area contributed by atoms with E-state index in [0.717, 1.165) is 6.07 Å². The predicted octanol–water partition coefficient (Wildman–Crippen LogP) is 2.99. The van der Waals surface area contributed by atoms with Crippen LogP contribution in [0.5, 0.6) is 5.75 Å². The van der Waals surface area contributed by atoms with Crippen LogP contribution < -0.4 is 10.1 Å². The Balaban J connectivity index is 1.88. The Labute approximate surface area is 145 Å². The highest BCUT2D eigenvalue weighted by atomic mass is 19.3. The van der Waals surface area contributed by atoms with Gasteiger partial charge in [-0.15, -0.1) is 0 Å². The number of carbonyl (C=O) groups excluding carboxylic acids is 2. The van der Waals surface area contributed by atoms with Crippen molar-refractivity contribution in [1.82, 2.24) is 0 Å². The van der Waals surface area contributed by atoms with E-state index in [0.29, 0.717) is 0 Å². The van der Waals surface area contributed by atoms with Crippen molar-refractivity contribution in [2.24, 2.45) is 0 Å². The third-order valence-electron chi connectivity index (χ3n) is 2.99. The van der Waals surface area contributed by atoms with Crippen LogP contribution in [0.1, 0.15) is 10.4 Å². The molecule has 136 valence electrons. The summed E-state index contributed by atoms with van der Waals surface area (Å²) in [5, 5.41) is 12.9. The number of nitrogens with one attached hydrogen (secondary N) is 1. The van der Waals surface area contributed by atoms with Crippen molar-refractivity contribution in [3.63, 3.8) is 0 Å². The fourth-order valence-electron chi connectivity index (χ4n) is 1.88. The molecule has 0 saturated heterocycles. The number of ether oxygens (including phenoxy) is 2. The molecule has 8 nitrogen and oxygen atoms in total. The van der Waals surface area contributed by atoms with Crippen LogP contribution >= 0.6 is 0 Å². The number of nitrogens with zero attached hydrogens (tertiary/aromatic N) is 1. The van der Waals surface area contributed by atoms with Crippen LogP contribution in [0.25, 0.3) is 0 Å². The van der Waals surface area contributed by atoms with Crippen LogP contribution in [0, 0.1) is 10.1 Å². The SMILES string of the molecule is O=C(COC(=O)c1cccc(OC(F)F)c1)Nc1ccc([N+](=O)[O-])cc1. The van der Waals surface area contributed by atoms with Gasteiger partial charge in [-0.2, -0.15) is 8.78 Å². The number of amides is 1. The second kappa shape index (κ2) is 8.51. The smallest absolute Gasteiger partial charge is 0.387 e. The molecule has 0 spiro atoms. The number of non-ortho nitro benzene ring substituents is 1. The van der Waals surface area contributed by atoms with Gasteiger partial charge in [0.1, 0.15) is 5.75 Å². The zero-order valence-electron chi connectivity index (χ0n) is 13.1. The molecule has 1 N–H and O–H groups in total. The molecule has 2 aromatic rings. The monoisotopic (exact) mass is 366 g/mol. The van der Waals surface area contributed by atoms with Gasteiger partial charge < -0.3 is 14.8 Å². The molecule has 26 heavy (non-hydrogen) atoms. The van der Waals surface area contributed by atoms with E-state index in [1.54, 1.807) is 0 Å². The first-order valence-electron chi connectivity index (χ1n) is 7.11. The Kier molecular flexibility index (Phi) is 6.15. The molecule has 0 atom stereocenters. The number of benzene rings is 2. The first-order chi connectivity index (χ1) is 12.3. The van der Waals surface area contributed by atoms with E-state index in [9.17, 15) is 28.5 Å². The summed E-state index contributed by atoms with van der Waals surface area (Å²) in [5.74, 6) is -1.79. The molecular formula is C16H12F2N2O6. The second-order valence-corrected chi connectivity index (χ2v) is 4.83. The predicted molar refractivity (Wildman–Crippen MR) is 85.1 cm³/mol. The molecule has 0 radical (unpaired) electrons. The lowest BCUT2D eigenvalue weighted by atomic mass is 10.2. The number of rotatable bonds is 7. The average Bonchev–Trinajstić information content (AvgIpc) is 2.59. The fraction of sp³-hybridized carbons (Fsp3) is 0.125. The molecule has 2 aromatic carbocycles. The minimum atomic E-state index is -3.03. The van der Waals surface area contributed by atoms with Crippen molar-refractivity contribution in [2.45, 2.75) is 6.61 Å². The molecule has 10 heteroatoms. The van der Waals surface area contributed by atoms with Crippen LogP contribution in [0.4, 0.5) is 20.2 Å². The number of carbonyl (C=O) groups is 2. The first kappa shape index (κ1) is 18.8. The van der Waals surface area contributed by atoms with Gasteiger partial charge in [-0.05, 0) is 30.3 Å². The van der Waals surface area contributed by atoms with Gasteiger partial charge in [0.15, 0.2) is 6.61 Å². The van der Waals surface area contributed by atoms with Crippen molar-refractivity contribution < 1.29 is 32.8 Å². The molecular weight excluding hydrogens is 354 g/mol. The number of nitro groups is 1. The van der Waals surface area contributed by atoms with E-state index in [2.05, 4.69) is 10.1 Å². The van der Waals surface area contributed by atoms with Gasteiger partial charge in [-0.1, -0.05) is 6.07 Å². The summed E-state index contributed by atoms with van der Waals surface area (Å²) in [5.41, 5.74) is 0.0793. The van der Waals surface area contributed by atoms with Crippen LogP contribution in [0.2, 0.25) is 0 Å². The number of anilines is 1. The highest BCUT2D eigenvalue weighted by molar-refractivity contribution is 5.95. The van der Waals surface area contributed by atoms with Crippen molar-refractivity contribution >= 4 is 23.3 Å². The van der Waals surface area contributed by atoms with E-state index in [1.807, 2.05) is 0 Å². The van der Waals surface area contributed by atoms with Crippen molar-refractivity contribution in [2.75, 3.05) is 11.9 Å². The lowest BCUT2D eigenvalue weighted by Gasteiger charge is -2.08. The molecule has 0 heterocycles. The summed E-state index contributed by atoms with van der Waals surface area (Å²) < 4.78 is 33.3. The molecule has 0 fully saturated rings. The molecule has 0 aromatic heterocycles. The van der Waals surface area contributed by atoms with E-state index in [-0.39, 0.29) is 22.7 Å². The van der Waals surface area contributed by atoms with Gasteiger partial charge >= 0.3 is 12.6 Å². The maximum atomic E-state index is 12.2. The number of hydrogen-bond donors (Lipinski definition) is 1. The Morgan fingerprint density at radius 2 is 1.85 bits per heavy atom. The zero-order chi connectivity index (χ0) is 19.1. The molecule has 0 aliphatic rings. The second-order valence-electron chi connectivity index (χ2n) is 4.83. The Bertz CT molecular complexity index is 811. The van der Waals surface area contributed by atoms with Crippen molar-refractivity contribution in [1.29, 1.82) is 0 Å². The van der Waals surface area contributed by atoms with Crippen molar-refractivity contribution in [3.05, 3.63) is 64.2 Å². The lowest BCUT2D eigenvalue weighted by Crippen LogP contribution is -2.21. The summed E-state index contributed by atoms with van der Waals surface area (Å²) in [6, 6.07) is 9.99. The van der Waals surface area contributed by atoms with Crippen LogP contribution in [0.3, 0.4) is 0 Å². The van der Waals surface area contributed by atoms with Gasteiger partial charge in [0.05, 0.1) is 10.5 Å². The minimum absolute atomic E-state index is 0.0636. The molecule has 0 saturated carbocycles. The Morgan fingerprint density at radius 3 is 2.46 bits per heavy atom. The topological polar surface area (TPSA) is 108 Å². The van der Waals surface area contributed by atoms with Crippen LogP contribution in [-0.2, 0) is 9.53 Å².